The fourth-order valence-corrected chi connectivity index (χ4v) is 3.07. The molecule has 1 heterocycles. The van der Waals surface area contributed by atoms with Crippen LogP contribution in [0, 0.1) is 11.8 Å². The standard InChI is InChI=1S/C13H26N2O/c1-10-3-4-12(7-11(10)2)15-5-6-16-13(8-14)9-15/h10-13H,3-9,14H2,1-2H3. The summed E-state index contributed by atoms with van der Waals surface area (Å²) in [5, 5.41) is 0. The van der Waals surface area contributed by atoms with E-state index in [-0.39, 0.29) is 6.10 Å². The Morgan fingerprint density at radius 3 is 2.75 bits per heavy atom. The molecule has 0 aromatic rings. The highest BCUT2D eigenvalue weighted by Crippen LogP contribution is 2.32. The number of nitrogens with two attached hydrogens (primary N) is 1. The van der Waals surface area contributed by atoms with Crippen molar-refractivity contribution in [3.8, 4) is 0 Å². The van der Waals surface area contributed by atoms with Crippen LogP contribution in [0.15, 0.2) is 0 Å². The molecule has 2 aliphatic rings. The maximum Gasteiger partial charge on any atom is 0.0824 e. The Bertz CT molecular complexity index is 218. The minimum absolute atomic E-state index is 0.267. The number of hydrogen-bond acceptors (Lipinski definition) is 3. The Hall–Kier alpha value is -0.120. The molecule has 3 heteroatoms. The van der Waals surface area contributed by atoms with Gasteiger partial charge in [-0.2, -0.15) is 0 Å². The summed E-state index contributed by atoms with van der Waals surface area (Å²) in [7, 11) is 0. The molecule has 1 saturated carbocycles. The van der Waals surface area contributed by atoms with Gasteiger partial charge in [0, 0.05) is 25.7 Å². The van der Waals surface area contributed by atoms with Gasteiger partial charge in [-0.25, -0.2) is 0 Å². The first-order chi connectivity index (χ1) is 7.70. The van der Waals surface area contributed by atoms with E-state index >= 15 is 0 Å². The highest BCUT2D eigenvalue weighted by molar-refractivity contribution is 4.85. The smallest absolute Gasteiger partial charge is 0.0824 e. The van der Waals surface area contributed by atoms with Crippen molar-refractivity contribution in [1.29, 1.82) is 0 Å². The van der Waals surface area contributed by atoms with Gasteiger partial charge < -0.3 is 10.5 Å². The van der Waals surface area contributed by atoms with Gasteiger partial charge in [-0.1, -0.05) is 13.8 Å². The summed E-state index contributed by atoms with van der Waals surface area (Å²) in [6, 6.07) is 0.782. The molecule has 0 bridgehead atoms. The minimum atomic E-state index is 0.267. The first-order valence-electron chi connectivity index (χ1n) is 6.76. The topological polar surface area (TPSA) is 38.5 Å². The third-order valence-corrected chi connectivity index (χ3v) is 4.52. The van der Waals surface area contributed by atoms with Crippen LogP contribution in [0.4, 0.5) is 0 Å². The Balaban J connectivity index is 1.87. The fourth-order valence-electron chi connectivity index (χ4n) is 3.07. The molecular formula is C13H26N2O. The largest absolute Gasteiger partial charge is 0.374 e. The van der Waals surface area contributed by atoms with E-state index in [0.717, 1.165) is 37.6 Å². The van der Waals surface area contributed by atoms with Gasteiger partial charge >= 0.3 is 0 Å². The van der Waals surface area contributed by atoms with Gasteiger partial charge in [-0.15, -0.1) is 0 Å². The van der Waals surface area contributed by atoms with Crippen molar-refractivity contribution in [3.63, 3.8) is 0 Å². The van der Waals surface area contributed by atoms with Crippen LogP contribution in [0.5, 0.6) is 0 Å². The molecule has 2 fully saturated rings. The SMILES string of the molecule is CC1CCC(N2CCOC(CN)C2)CC1C. The molecule has 94 valence electrons. The van der Waals surface area contributed by atoms with Crippen molar-refractivity contribution < 1.29 is 4.74 Å². The zero-order chi connectivity index (χ0) is 11.5. The highest BCUT2D eigenvalue weighted by Gasteiger charge is 2.31. The van der Waals surface area contributed by atoms with E-state index in [1.807, 2.05) is 0 Å². The van der Waals surface area contributed by atoms with Gasteiger partial charge in [-0.3, -0.25) is 4.90 Å². The molecule has 2 rings (SSSR count). The van der Waals surface area contributed by atoms with Gasteiger partial charge in [0.05, 0.1) is 12.7 Å². The molecule has 0 spiro atoms. The maximum atomic E-state index is 5.69. The quantitative estimate of drug-likeness (QED) is 0.775. The normalized spacial score (nSPS) is 42.2. The van der Waals surface area contributed by atoms with Crippen molar-refractivity contribution in [3.05, 3.63) is 0 Å². The van der Waals surface area contributed by atoms with E-state index in [1.54, 1.807) is 0 Å². The fraction of sp³-hybridized carbons (Fsp3) is 1.00. The van der Waals surface area contributed by atoms with Gasteiger partial charge in [-0.05, 0) is 31.1 Å². The van der Waals surface area contributed by atoms with Crippen molar-refractivity contribution >= 4 is 0 Å². The van der Waals surface area contributed by atoms with Crippen molar-refractivity contribution in [2.24, 2.45) is 17.6 Å². The summed E-state index contributed by atoms with van der Waals surface area (Å²) >= 11 is 0. The maximum absolute atomic E-state index is 5.69. The van der Waals surface area contributed by atoms with Crippen LogP contribution >= 0.6 is 0 Å². The van der Waals surface area contributed by atoms with Crippen LogP contribution in [0.25, 0.3) is 0 Å². The molecule has 0 aromatic heterocycles. The monoisotopic (exact) mass is 226 g/mol. The van der Waals surface area contributed by atoms with Crippen molar-refractivity contribution in [1.82, 2.24) is 4.90 Å². The molecule has 0 aromatic carbocycles. The van der Waals surface area contributed by atoms with Crippen LogP contribution in [0.3, 0.4) is 0 Å². The van der Waals surface area contributed by atoms with Gasteiger partial charge in [0.1, 0.15) is 0 Å². The summed E-state index contributed by atoms with van der Waals surface area (Å²) in [6.45, 7) is 8.46. The molecule has 2 N–H and O–H groups in total. The lowest BCUT2D eigenvalue weighted by atomic mass is 9.78. The van der Waals surface area contributed by atoms with Crippen LogP contribution in [0.1, 0.15) is 33.1 Å². The van der Waals surface area contributed by atoms with E-state index in [1.165, 1.54) is 19.3 Å². The Morgan fingerprint density at radius 1 is 1.25 bits per heavy atom. The van der Waals surface area contributed by atoms with Crippen molar-refractivity contribution in [2.75, 3.05) is 26.2 Å². The molecule has 16 heavy (non-hydrogen) atoms. The summed E-state index contributed by atoms with van der Waals surface area (Å²) < 4.78 is 5.63. The molecule has 1 aliphatic carbocycles. The molecule has 0 radical (unpaired) electrons. The van der Waals surface area contributed by atoms with Gasteiger partial charge in [0.15, 0.2) is 0 Å². The lowest BCUT2D eigenvalue weighted by Crippen LogP contribution is -2.51. The Kier molecular flexibility index (Phi) is 4.22. The third kappa shape index (κ3) is 2.76. The van der Waals surface area contributed by atoms with Gasteiger partial charge in [0.2, 0.25) is 0 Å². The van der Waals surface area contributed by atoms with E-state index in [0.29, 0.717) is 6.54 Å². The predicted octanol–water partition coefficient (Wildman–Crippen LogP) is 1.47. The predicted molar refractivity (Wildman–Crippen MR) is 66.3 cm³/mol. The average Bonchev–Trinajstić information content (AvgIpc) is 2.33. The highest BCUT2D eigenvalue weighted by atomic mass is 16.5. The van der Waals surface area contributed by atoms with E-state index in [9.17, 15) is 0 Å². The van der Waals surface area contributed by atoms with Crippen molar-refractivity contribution in [2.45, 2.75) is 45.3 Å². The third-order valence-electron chi connectivity index (χ3n) is 4.52. The molecule has 1 aliphatic heterocycles. The van der Waals surface area contributed by atoms with Crippen LogP contribution < -0.4 is 5.73 Å². The number of hydrogen-bond donors (Lipinski definition) is 1. The summed E-state index contributed by atoms with van der Waals surface area (Å²) in [4.78, 5) is 2.61. The molecule has 3 nitrogen and oxygen atoms in total. The Morgan fingerprint density at radius 2 is 2.06 bits per heavy atom. The second kappa shape index (κ2) is 5.48. The van der Waals surface area contributed by atoms with E-state index < -0.39 is 0 Å². The second-order valence-corrected chi connectivity index (χ2v) is 5.64. The summed E-state index contributed by atoms with van der Waals surface area (Å²) in [5.74, 6) is 1.78. The second-order valence-electron chi connectivity index (χ2n) is 5.64. The Labute approximate surface area is 99.3 Å². The molecular weight excluding hydrogens is 200 g/mol. The lowest BCUT2D eigenvalue weighted by molar-refractivity contribution is -0.0490. The zero-order valence-electron chi connectivity index (χ0n) is 10.7. The number of nitrogens with zero attached hydrogens (tertiary/aromatic N) is 1. The molecule has 4 unspecified atom stereocenters. The number of morpholine rings is 1. The van der Waals surface area contributed by atoms with Gasteiger partial charge in [0.25, 0.3) is 0 Å². The molecule has 4 atom stereocenters. The lowest BCUT2D eigenvalue weighted by Gasteiger charge is -2.42. The minimum Gasteiger partial charge on any atom is -0.374 e. The molecule has 0 amide bonds. The number of rotatable bonds is 2. The summed E-state index contributed by atoms with van der Waals surface area (Å²) in [5.41, 5.74) is 5.69. The number of ether oxygens (including phenoxy) is 1. The summed E-state index contributed by atoms with van der Waals surface area (Å²) in [6.07, 6.45) is 4.38. The van der Waals surface area contributed by atoms with Crippen LogP contribution in [-0.2, 0) is 4.74 Å². The zero-order valence-corrected chi connectivity index (χ0v) is 10.7. The van der Waals surface area contributed by atoms with E-state index in [2.05, 4.69) is 18.7 Å². The first-order valence-corrected chi connectivity index (χ1v) is 6.76. The van der Waals surface area contributed by atoms with E-state index in [4.69, 9.17) is 10.5 Å². The molecule has 1 saturated heterocycles. The van der Waals surface area contributed by atoms with Crippen LogP contribution in [-0.4, -0.2) is 43.3 Å². The average molecular weight is 226 g/mol. The van der Waals surface area contributed by atoms with Crippen LogP contribution in [0.2, 0.25) is 0 Å². The first kappa shape index (κ1) is 12.3.